The molecule has 0 radical (unpaired) electrons. The van der Waals surface area contributed by atoms with Gasteiger partial charge in [0.25, 0.3) is 10.1 Å². The van der Waals surface area contributed by atoms with Crippen LogP contribution >= 0.6 is 0 Å². The number of carbonyl (C=O) groups is 1. The van der Waals surface area contributed by atoms with Crippen molar-refractivity contribution in [1.29, 1.82) is 0 Å². The number of hydrazine groups is 1. The second-order valence-electron chi connectivity index (χ2n) is 4.05. The summed E-state index contributed by atoms with van der Waals surface area (Å²) in [7, 11) is -4.36. The first-order valence-corrected chi connectivity index (χ1v) is 7.63. The van der Waals surface area contributed by atoms with Gasteiger partial charge in [-0.05, 0) is 12.8 Å². The Bertz CT molecular complexity index is 336. The lowest BCUT2D eigenvalue weighted by Crippen LogP contribution is -2.49. The van der Waals surface area contributed by atoms with E-state index < -0.39 is 22.1 Å². The zero-order valence-electron chi connectivity index (χ0n) is 10.9. The van der Waals surface area contributed by atoms with E-state index in [1.165, 1.54) is 5.01 Å². The average molecular weight is 282 g/mol. The molecule has 0 rings (SSSR count). The third-order valence-electron chi connectivity index (χ3n) is 2.39. The van der Waals surface area contributed by atoms with E-state index in [0.717, 1.165) is 25.7 Å². The van der Waals surface area contributed by atoms with Gasteiger partial charge in [0, 0.05) is 13.1 Å². The molecule has 0 aliphatic rings. The first-order chi connectivity index (χ1) is 8.31. The van der Waals surface area contributed by atoms with Gasteiger partial charge in [0.05, 0.1) is 0 Å². The quantitative estimate of drug-likeness (QED) is 0.492. The molecule has 1 amide bonds. The Balaban J connectivity index is 4.78. The number of rotatable bonds is 9. The average Bonchev–Trinajstić information content (AvgIpc) is 2.25. The molecule has 7 nitrogen and oxygen atoms in total. The van der Waals surface area contributed by atoms with E-state index in [9.17, 15) is 13.2 Å². The van der Waals surface area contributed by atoms with Crippen molar-refractivity contribution in [3.63, 3.8) is 0 Å². The van der Waals surface area contributed by atoms with Crippen LogP contribution < -0.4 is 0 Å². The normalized spacial score (nSPS) is 11.8. The molecule has 8 heteroatoms. The van der Waals surface area contributed by atoms with Crippen LogP contribution in [-0.2, 0) is 10.1 Å². The molecule has 0 spiro atoms. The molecule has 0 aliphatic carbocycles. The lowest BCUT2D eigenvalue weighted by molar-refractivity contribution is 0.000944. The molecule has 0 heterocycles. The molecule has 0 saturated carbocycles. The van der Waals surface area contributed by atoms with Gasteiger partial charge in [-0.2, -0.15) is 8.42 Å². The molecule has 108 valence electrons. The summed E-state index contributed by atoms with van der Waals surface area (Å²) in [5, 5.41) is 11.1. The zero-order valence-corrected chi connectivity index (χ0v) is 11.7. The highest BCUT2D eigenvalue weighted by atomic mass is 32.2. The fourth-order valence-corrected chi connectivity index (χ4v) is 2.03. The van der Waals surface area contributed by atoms with Gasteiger partial charge < -0.3 is 5.11 Å². The van der Waals surface area contributed by atoms with Crippen LogP contribution in [0.25, 0.3) is 0 Å². The lowest BCUT2D eigenvalue weighted by atomic mass is 10.3. The number of carboxylic acid groups (broad SMARTS) is 1. The predicted octanol–water partition coefficient (Wildman–Crippen LogP) is 1.63. The van der Waals surface area contributed by atoms with Crippen LogP contribution in [0.1, 0.15) is 39.5 Å². The third-order valence-corrected chi connectivity index (χ3v) is 2.96. The highest BCUT2D eigenvalue weighted by molar-refractivity contribution is 7.85. The highest BCUT2D eigenvalue weighted by Crippen LogP contribution is 2.06. The molecule has 0 bridgehead atoms. The molecule has 18 heavy (non-hydrogen) atoms. The van der Waals surface area contributed by atoms with Gasteiger partial charge in [-0.25, -0.2) is 14.8 Å². The maximum Gasteiger partial charge on any atom is 0.423 e. The van der Waals surface area contributed by atoms with Gasteiger partial charge >= 0.3 is 6.09 Å². The molecule has 2 N–H and O–H groups in total. The second kappa shape index (κ2) is 8.28. The number of amides is 1. The minimum Gasteiger partial charge on any atom is -0.464 e. The summed E-state index contributed by atoms with van der Waals surface area (Å²) in [6, 6.07) is 0. The second-order valence-corrected chi connectivity index (χ2v) is 5.48. The molecule has 0 aromatic carbocycles. The summed E-state index contributed by atoms with van der Waals surface area (Å²) in [6.07, 6.45) is 1.90. The monoisotopic (exact) mass is 282 g/mol. The van der Waals surface area contributed by atoms with Crippen molar-refractivity contribution < 1.29 is 22.9 Å². The van der Waals surface area contributed by atoms with Crippen molar-refractivity contribution in [2.45, 2.75) is 39.5 Å². The minimum absolute atomic E-state index is 0.457. The van der Waals surface area contributed by atoms with E-state index in [4.69, 9.17) is 9.66 Å². The number of hydrogen-bond acceptors (Lipinski definition) is 4. The SMILES string of the molecule is CCCCN(CCCC)N(CS(=O)(=O)O)C(=O)O. The zero-order chi connectivity index (χ0) is 14.2. The van der Waals surface area contributed by atoms with Gasteiger partial charge in [-0.15, -0.1) is 0 Å². The Kier molecular flexibility index (Phi) is 7.88. The summed E-state index contributed by atoms with van der Waals surface area (Å²) in [5.74, 6) is -0.921. The van der Waals surface area contributed by atoms with Gasteiger partial charge in [-0.1, -0.05) is 26.7 Å². The minimum atomic E-state index is -4.36. The molecule has 0 fully saturated rings. The first kappa shape index (κ1) is 17.1. The van der Waals surface area contributed by atoms with Crippen LogP contribution in [0, 0.1) is 0 Å². The predicted molar refractivity (Wildman–Crippen MR) is 67.7 cm³/mol. The smallest absolute Gasteiger partial charge is 0.423 e. The fraction of sp³-hybridized carbons (Fsp3) is 0.900. The van der Waals surface area contributed by atoms with Gasteiger partial charge in [-0.3, -0.25) is 4.55 Å². The van der Waals surface area contributed by atoms with Crippen LogP contribution in [0.15, 0.2) is 0 Å². The van der Waals surface area contributed by atoms with Crippen molar-refractivity contribution in [1.82, 2.24) is 10.0 Å². The maximum atomic E-state index is 11.1. The fourth-order valence-electron chi connectivity index (χ4n) is 1.45. The Hall–Kier alpha value is -0.860. The van der Waals surface area contributed by atoms with Crippen LogP contribution in [0.4, 0.5) is 4.79 Å². The molecule has 0 unspecified atom stereocenters. The topological polar surface area (TPSA) is 98.2 Å². The summed E-state index contributed by atoms with van der Waals surface area (Å²) in [4.78, 5) is 11.1. The van der Waals surface area contributed by atoms with Gasteiger partial charge in [0.15, 0.2) is 5.88 Å². The molecule has 0 saturated heterocycles. The van der Waals surface area contributed by atoms with Crippen LogP contribution in [0.5, 0.6) is 0 Å². The van der Waals surface area contributed by atoms with Crippen LogP contribution in [0.3, 0.4) is 0 Å². The summed E-state index contributed by atoms with van der Waals surface area (Å²) in [6.45, 7) is 4.84. The van der Waals surface area contributed by atoms with Gasteiger partial charge in [0.1, 0.15) is 0 Å². The molecule has 0 aliphatic heterocycles. The van der Waals surface area contributed by atoms with Crippen molar-refractivity contribution in [3.8, 4) is 0 Å². The van der Waals surface area contributed by atoms with Crippen molar-refractivity contribution >= 4 is 16.2 Å². The van der Waals surface area contributed by atoms with E-state index in [0.29, 0.717) is 18.1 Å². The molecular weight excluding hydrogens is 260 g/mol. The lowest BCUT2D eigenvalue weighted by Gasteiger charge is -2.31. The first-order valence-electron chi connectivity index (χ1n) is 6.02. The maximum absolute atomic E-state index is 11.1. The Morgan fingerprint density at radius 1 is 1.11 bits per heavy atom. The largest absolute Gasteiger partial charge is 0.464 e. The summed E-state index contributed by atoms with van der Waals surface area (Å²) in [5.41, 5.74) is 0. The van der Waals surface area contributed by atoms with Crippen LogP contribution in [-0.4, -0.2) is 53.2 Å². The van der Waals surface area contributed by atoms with E-state index >= 15 is 0 Å². The molecule has 0 aromatic rings. The van der Waals surface area contributed by atoms with E-state index in [-0.39, 0.29) is 0 Å². The van der Waals surface area contributed by atoms with E-state index in [2.05, 4.69) is 0 Å². The highest BCUT2D eigenvalue weighted by Gasteiger charge is 2.24. The van der Waals surface area contributed by atoms with Crippen molar-refractivity contribution in [2.24, 2.45) is 0 Å². The standard InChI is InChI=1S/C10H22N2O5S/c1-3-5-7-11(8-6-4-2)12(10(13)14)9-18(15,16)17/h3-9H2,1-2H3,(H,13,14)(H,15,16,17). The molecule has 0 aromatic heterocycles. The Morgan fingerprint density at radius 3 is 1.83 bits per heavy atom. The Morgan fingerprint density at radius 2 is 1.56 bits per heavy atom. The number of hydrogen-bond donors (Lipinski definition) is 2. The molecular formula is C10H22N2O5S. The van der Waals surface area contributed by atoms with Gasteiger partial charge in [0.2, 0.25) is 0 Å². The summed E-state index contributed by atoms with van der Waals surface area (Å²) >= 11 is 0. The summed E-state index contributed by atoms with van der Waals surface area (Å²) < 4.78 is 30.4. The van der Waals surface area contributed by atoms with E-state index in [1.807, 2.05) is 13.8 Å². The van der Waals surface area contributed by atoms with Crippen molar-refractivity contribution in [3.05, 3.63) is 0 Å². The number of nitrogens with zero attached hydrogens (tertiary/aromatic N) is 2. The Labute approximate surface area is 108 Å². The van der Waals surface area contributed by atoms with Crippen LogP contribution in [0.2, 0.25) is 0 Å². The van der Waals surface area contributed by atoms with E-state index in [1.54, 1.807) is 0 Å². The van der Waals surface area contributed by atoms with Crippen molar-refractivity contribution in [2.75, 3.05) is 19.0 Å². The molecule has 0 atom stereocenters. The third kappa shape index (κ3) is 7.46. The number of unbranched alkanes of at least 4 members (excludes halogenated alkanes) is 2.